The Kier molecular flexibility index (Phi) is 5.99. The van der Waals surface area contributed by atoms with Crippen LogP contribution in [0.2, 0.25) is 0 Å². The van der Waals surface area contributed by atoms with Crippen molar-refractivity contribution in [2.24, 2.45) is 0 Å². The summed E-state index contributed by atoms with van der Waals surface area (Å²) in [5.74, 6) is 0.640. The van der Waals surface area contributed by atoms with Gasteiger partial charge < -0.3 is 4.42 Å². The van der Waals surface area contributed by atoms with Crippen LogP contribution in [-0.2, 0) is 0 Å². The standard InChI is InChI=1S/C49H29NO/c1-2-11-33(12-3-1)49-50-46-25-23-32-20-18-31-19-21-34(27-42(31)47(32)48(46)51-49)36-26-35-13-5-7-15-38(35)43(28-36)45-29-44-37-14-6-4-10-30(37)22-24-41(44)39-16-8-9-17-40(39)45/h1-29H. The fourth-order valence-corrected chi connectivity index (χ4v) is 8.19. The number of oxazole rings is 1. The zero-order chi connectivity index (χ0) is 33.5. The molecule has 1 aromatic heterocycles. The lowest BCUT2D eigenvalue weighted by Gasteiger charge is -2.16. The zero-order valence-electron chi connectivity index (χ0n) is 27.6. The van der Waals surface area contributed by atoms with E-state index in [4.69, 9.17) is 9.40 Å². The average Bonchev–Trinajstić information content (AvgIpc) is 3.65. The van der Waals surface area contributed by atoms with Crippen LogP contribution in [0.4, 0.5) is 0 Å². The molecule has 10 aromatic carbocycles. The van der Waals surface area contributed by atoms with Gasteiger partial charge in [0, 0.05) is 10.9 Å². The maximum absolute atomic E-state index is 6.55. The molecule has 0 N–H and O–H groups in total. The lowest BCUT2D eigenvalue weighted by molar-refractivity contribution is 0.623. The van der Waals surface area contributed by atoms with E-state index in [1.807, 2.05) is 30.3 Å². The van der Waals surface area contributed by atoms with Gasteiger partial charge in [0.2, 0.25) is 5.89 Å². The van der Waals surface area contributed by atoms with E-state index in [1.54, 1.807) is 0 Å². The second kappa shape index (κ2) is 10.9. The van der Waals surface area contributed by atoms with E-state index in [9.17, 15) is 0 Å². The van der Waals surface area contributed by atoms with Gasteiger partial charge in [0.1, 0.15) is 5.52 Å². The van der Waals surface area contributed by atoms with Gasteiger partial charge in [0.05, 0.1) is 0 Å². The lowest BCUT2D eigenvalue weighted by atomic mass is 9.87. The molecule has 2 heteroatoms. The molecule has 0 aliphatic heterocycles. The second-order valence-electron chi connectivity index (χ2n) is 13.5. The lowest BCUT2D eigenvalue weighted by Crippen LogP contribution is -1.89. The molecule has 0 unspecified atom stereocenters. The van der Waals surface area contributed by atoms with Crippen LogP contribution in [-0.4, -0.2) is 4.98 Å². The summed E-state index contributed by atoms with van der Waals surface area (Å²) in [5, 5.41) is 14.6. The minimum atomic E-state index is 0.640. The number of hydrogen-bond acceptors (Lipinski definition) is 2. The fourth-order valence-electron chi connectivity index (χ4n) is 8.19. The molecule has 51 heavy (non-hydrogen) atoms. The number of fused-ring (bicyclic) bond motifs is 11. The van der Waals surface area contributed by atoms with E-state index < -0.39 is 0 Å². The summed E-state index contributed by atoms with van der Waals surface area (Å²) in [5.41, 5.74) is 7.48. The van der Waals surface area contributed by atoms with Crippen molar-refractivity contribution in [1.29, 1.82) is 0 Å². The van der Waals surface area contributed by atoms with Gasteiger partial charge >= 0.3 is 0 Å². The molecule has 0 spiro atoms. The first-order valence-electron chi connectivity index (χ1n) is 17.5. The molecular formula is C49H29NO. The fraction of sp³-hybridized carbons (Fsp3) is 0. The first kappa shape index (κ1) is 28.1. The third-order valence-electron chi connectivity index (χ3n) is 10.6. The van der Waals surface area contributed by atoms with Gasteiger partial charge in [-0.25, -0.2) is 4.98 Å². The highest BCUT2D eigenvalue weighted by molar-refractivity contribution is 6.23. The Labute approximate surface area is 293 Å². The molecule has 11 aromatic rings. The van der Waals surface area contributed by atoms with Gasteiger partial charge in [-0.15, -0.1) is 0 Å². The third kappa shape index (κ3) is 4.33. The Hall–Kier alpha value is -6.77. The largest absolute Gasteiger partial charge is 0.435 e. The third-order valence-corrected chi connectivity index (χ3v) is 10.6. The van der Waals surface area contributed by atoms with Crippen molar-refractivity contribution in [3.63, 3.8) is 0 Å². The quantitative estimate of drug-likeness (QED) is 0.178. The highest BCUT2D eigenvalue weighted by Crippen LogP contribution is 2.43. The molecular weight excluding hydrogens is 619 g/mol. The van der Waals surface area contributed by atoms with Crippen molar-refractivity contribution in [3.8, 4) is 33.7 Å². The highest BCUT2D eigenvalue weighted by atomic mass is 16.3. The van der Waals surface area contributed by atoms with Crippen molar-refractivity contribution >= 4 is 75.7 Å². The molecule has 0 bridgehead atoms. The highest BCUT2D eigenvalue weighted by Gasteiger charge is 2.17. The monoisotopic (exact) mass is 647 g/mol. The molecule has 0 amide bonds. The minimum Gasteiger partial charge on any atom is -0.435 e. The van der Waals surface area contributed by atoms with E-state index in [1.165, 1.54) is 65.2 Å². The smallest absolute Gasteiger partial charge is 0.227 e. The summed E-state index contributed by atoms with van der Waals surface area (Å²) < 4.78 is 6.55. The van der Waals surface area contributed by atoms with Gasteiger partial charge in [0.25, 0.3) is 0 Å². The molecule has 0 saturated heterocycles. The molecule has 0 radical (unpaired) electrons. The Morgan fingerprint density at radius 1 is 0.333 bits per heavy atom. The van der Waals surface area contributed by atoms with Crippen molar-refractivity contribution in [2.75, 3.05) is 0 Å². The van der Waals surface area contributed by atoms with Gasteiger partial charge in [-0.2, -0.15) is 0 Å². The second-order valence-corrected chi connectivity index (χ2v) is 13.5. The molecule has 0 fully saturated rings. The van der Waals surface area contributed by atoms with E-state index in [2.05, 4.69) is 146 Å². The van der Waals surface area contributed by atoms with E-state index in [0.717, 1.165) is 38.4 Å². The van der Waals surface area contributed by atoms with Crippen LogP contribution in [0.5, 0.6) is 0 Å². The number of rotatable bonds is 3. The molecule has 236 valence electrons. The predicted octanol–water partition coefficient (Wildman–Crippen LogP) is 13.7. The maximum Gasteiger partial charge on any atom is 0.227 e. The van der Waals surface area contributed by atoms with Crippen LogP contribution in [0.25, 0.3) is 109 Å². The van der Waals surface area contributed by atoms with Gasteiger partial charge in [0.15, 0.2) is 5.58 Å². The van der Waals surface area contributed by atoms with Gasteiger partial charge in [-0.05, 0) is 124 Å². The topological polar surface area (TPSA) is 26.0 Å². The molecule has 11 rings (SSSR count). The average molecular weight is 648 g/mol. The van der Waals surface area contributed by atoms with E-state index in [0.29, 0.717) is 5.89 Å². The van der Waals surface area contributed by atoms with Crippen LogP contribution in [0.15, 0.2) is 180 Å². The molecule has 0 aliphatic rings. The molecule has 2 nitrogen and oxygen atoms in total. The summed E-state index contributed by atoms with van der Waals surface area (Å²) >= 11 is 0. The molecule has 0 saturated carbocycles. The van der Waals surface area contributed by atoms with Crippen LogP contribution in [0, 0.1) is 0 Å². The minimum absolute atomic E-state index is 0.640. The summed E-state index contributed by atoms with van der Waals surface area (Å²) in [6, 6.07) is 63.6. The Morgan fingerprint density at radius 2 is 0.961 bits per heavy atom. The van der Waals surface area contributed by atoms with Crippen molar-refractivity contribution < 1.29 is 4.42 Å². The molecule has 0 atom stereocenters. The van der Waals surface area contributed by atoms with Crippen LogP contribution in [0.3, 0.4) is 0 Å². The van der Waals surface area contributed by atoms with Crippen LogP contribution < -0.4 is 0 Å². The molecule has 1 heterocycles. The van der Waals surface area contributed by atoms with E-state index >= 15 is 0 Å². The summed E-state index contributed by atoms with van der Waals surface area (Å²) in [4.78, 5) is 4.90. The van der Waals surface area contributed by atoms with Crippen LogP contribution in [0.1, 0.15) is 0 Å². The Bertz CT molecular complexity index is 3190. The van der Waals surface area contributed by atoms with Crippen molar-refractivity contribution in [3.05, 3.63) is 176 Å². The van der Waals surface area contributed by atoms with Crippen molar-refractivity contribution in [1.82, 2.24) is 4.98 Å². The maximum atomic E-state index is 6.55. The van der Waals surface area contributed by atoms with Gasteiger partial charge in [-0.3, -0.25) is 0 Å². The first-order chi connectivity index (χ1) is 25.3. The Balaban J connectivity index is 1.18. The zero-order valence-corrected chi connectivity index (χ0v) is 27.6. The summed E-state index contributed by atoms with van der Waals surface area (Å²) in [7, 11) is 0. The predicted molar refractivity (Wildman–Crippen MR) is 215 cm³/mol. The van der Waals surface area contributed by atoms with Crippen molar-refractivity contribution in [2.45, 2.75) is 0 Å². The number of benzene rings is 10. The first-order valence-corrected chi connectivity index (χ1v) is 17.5. The summed E-state index contributed by atoms with van der Waals surface area (Å²) in [6.45, 7) is 0. The number of nitrogens with zero attached hydrogens (tertiary/aromatic N) is 1. The number of hydrogen-bond donors (Lipinski definition) is 0. The van der Waals surface area contributed by atoms with Gasteiger partial charge in [-0.1, -0.05) is 133 Å². The van der Waals surface area contributed by atoms with Crippen LogP contribution >= 0.6 is 0 Å². The number of aromatic nitrogens is 1. The molecule has 0 aliphatic carbocycles. The Morgan fingerprint density at radius 3 is 1.84 bits per heavy atom. The SMILES string of the molecule is c1ccc(-c2nc3ccc4ccc5ccc(-c6cc(-c7cc8c9ccccc9ccc8c8ccccc78)c7ccccc7c6)cc5c4c3o2)cc1. The summed E-state index contributed by atoms with van der Waals surface area (Å²) in [6.07, 6.45) is 0. The normalized spacial score (nSPS) is 11.9. The van der Waals surface area contributed by atoms with E-state index in [-0.39, 0.29) is 0 Å².